The van der Waals surface area contributed by atoms with E-state index in [1.165, 1.54) is 12.1 Å². The summed E-state index contributed by atoms with van der Waals surface area (Å²) in [5.41, 5.74) is 1.58. The monoisotopic (exact) mass is 269 g/mol. The first kappa shape index (κ1) is 14.8. The first-order chi connectivity index (χ1) is 8.90. The zero-order valence-electron chi connectivity index (χ0n) is 10.2. The Morgan fingerprint density at radius 3 is 2.42 bits per heavy atom. The molecule has 1 aliphatic rings. The minimum absolute atomic E-state index is 0.156. The largest absolute Gasteiger partial charge is 0.504 e. The van der Waals surface area contributed by atoms with Gasteiger partial charge < -0.3 is 20.4 Å². The topological polar surface area (TPSA) is 127 Å². The normalized spacial score (nSPS) is 20.7. The molecule has 1 heterocycles. The lowest BCUT2D eigenvalue weighted by atomic mass is 9.90. The number of nitrogens with one attached hydrogen (secondary N) is 1. The van der Waals surface area contributed by atoms with Gasteiger partial charge in [0.25, 0.3) is 6.47 Å². The molecular formula is C12H15NO6. The fourth-order valence-corrected chi connectivity index (χ4v) is 2.05. The van der Waals surface area contributed by atoms with Crippen LogP contribution in [0.15, 0.2) is 12.1 Å². The lowest BCUT2D eigenvalue weighted by Gasteiger charge is -2.29. The average molecular weight is 269 g/mol. The van der Waals surface area contributed by atoms with E-state index in [4.69, 9.17) is 15.0 Å². The van der Waals surface area contributed by atoms with Crippen molar-refractivity contribution in [3.63, 3.8) is 0 Å². The Morgan fingerprint density at radius 1 is 1.37 bits per heavy atom. The number of fused-ring (bicyclic) bond motifs is 1. The van der Waals surface area contributed by atoms with Gasteiger partial charge in [-0.15, -0.1) is 0 Å². The number of carboxylic acids is 1. The number of aromatic hydroxyl groups is 2. The molecule has 0 aromatic heterocycles. The zero-order valence-corrected chi connectivity index (χ0v) is 10.2. The summed E-state index contributed by atoms with van der Waals surface area (Å²) >= 11 is 0. The molecule has 2 unspecified atom stereocenters. The van der Waals surface area contributed by atoms with Crippen molar-refractivity contribution in [2.24, 2.45) is 0 Å². The standard InChI is InChI=1S/C11H13NO4.CH2O2/c1-5-7-4-10(14)9(13)3-6(7)2-8(12-5)11(15)16;2-1-3/h3-5,8,12-14H,2H2,1H3,(H,15,16);1H,(H,2,3). The third-order valence-corrected chi connectivity index (χ3v) is 2.88. The molecule has 0 saturated heterocycles. The number of benzene rings is 1. The minimum atomic E-state index is -0.912. The van der Waals surface area contributed by atoms with Crippen molar-refractivity contribution in [2.75, 3.05) is 0 Å². The molecule has 1 aliphatic heterocycles. The quantitative estimate of drug-likeness (QED) is 0.370. The highest BCUT2D eigenvalue weighted by Crippen LogP contribution is 2.34. The second kappa shape index (κ2) is 6.05. The van der Waals surface area contributed by atoms with Crippen molar-refractivity contribution in [3.05, 3.63) is 23.3 Å². The molecular weight excluding hydrogens is 254 g/mol. The number of carbonyl (C=O) groups is 2. The minimum Gasteiger partial charge on any atom is -0.504 e. The van der Waals surface area contributed by atoms with Crippen molar-refractivity contribution in [2.45, 2.75) is 25.4 Å². The van der Waals surface area contributed by atoms with Crippen molar-refractivity contribution < 1.29 is 30.0 Å². The molecule has 0 fully saturated rings. The Morgan fingerprint density at radius 2 is 1.89 bits per heavy atom. The van der Waals surface area contributed by atoms with E-state index in [9.17, 15) is 15.0 Å². The SMILES string of the molecule is CC1NC(C(=O)O)Cc2cc(O)c(O)cc21.O=CO. The summed E-state index contributed by atoms with van der Waals surface area (Å²) in [4.78, 5) is 19.2. The van der Waals surface area contributed by atoms with E-state index in [2.05, 4.69) is 5.32 Å². The van der Waals surface area contributed by atoms with Gasteiger partial charge in [0.2, 0.25) is 0 Å². The maximum absolute atomic E-state index is 10.9. The van der Waals surface area contributed by atoms with E-state index in [0.717, 1.165) is 11.1 Å². The first-order valence-corrected chi connectivity index (χ1v) is 5.52. The smallest absolute Gasteiger partial charge is 0.321 e. The van der Waals surface area contributed by atoms with Crippen LogP contribution in [0.25, 0.3) is 0 Å². The molecule has 0 spiro atoms. The molecule has 0 saturated carbocycles. The molecule has 0 bridgehead atoms. The molecule has 2 atom stereocenters. The van der Waals surface area contributed by atoms with Gasteiger partial charge in [0.1, 0.15) is 6.04 Å². The van der Waals surface area contributed by atoms with Gasteiger partial charge in [0, 0.05) is 6.04 Å². The van der Waals surface area contributed by atoms with Crippen LogP contribution in [-0.2, 0) is 16.0 Å². The van der Waals surface area contributed by atoms with Crippen LogP contribution in [0.1, 0.15) is 24.1 Å². The molecule has 7 heteroatoms. The van der Waals surface area contributed by atoms with Crippen LogP contribution >= 0.6 is 0 Å². The molecule has 1 aromatic carbocycles. The highest BCUT2D eigenvalue weighted by molar-refractivity contribution is 5.74. The van der Waals surface area contributed by atoms with E-state index in [-0.39, 0.29) is 24.0 Å². The number of hydrogen-bond acceptors (Lipinski definition) is 5. The van der Waals surface area contributed by atoms with E-state index >= 15 is 0 Å². The zero-order chi connectivity index (χ0) is 14.6. The first-order valence-electron chi connectivity index (χ1n) is 5.52. The molecule has 0 aliphatic carbocycles. The summed E-state index contributed by atoms with van der Waals surface area (Å²) in [6, 6.07) is 2.10. The van der Waals surface area contributed by atoms with Crippen LogP contribution < -0.4 is 5.32 Å². The second-order valence-electron chi connectivity index (χ2n) is 4.13. The highest BCUT2D eigenvalue weighted by Gasteiger charge is 2.28. The summed E-state index contributed by atoms with van der Waals surface area (Å²) in [5.74, 6) is -1.30. The lowest BCUT2D eigenvalue weighted by Crippen LogP contribution is -2.43. The van der Waals surface area contributed by atoms with Crippen molar-refractivity contribution in [1.82, 2.24) is 5.32 Å². The Labute approximate surface area is 109 Å². The molecule has 2 rings (SSSR count). The van der Waals surface area contributed by atoms with Gasteiger partial charge in [-0.25, -0.2) is 0 Å². The summed E-state index contributed by atoms with van der Waals surface area (Å²) in [6.45, 7) is 1.57. The Hall–Kier alpha value is -2.28. The second-order valence-corrected chi connectivity index (χ2v) is 4.13. The van der Waals surface area contributed by atoms with Gasteiger partial charge in [0.05, 0.1) is 0 Å². The summed E-state index contributed by atoms with van der Waals surface area (Å²) in [5, 5.41) is 37.5. The molecule has 104 valence electrons. The van der Waals surface area contributed by atoms with E-state index in [1.54, 1.807) is 0 Å². The van der Waals surface area contributed by atoms with Gasteiger partial charge in [-0.05, 0) is 36.6 Å². The number of aliphatic carboxylic acids is 1. The number of phenols is 2. The number of hydrogen-bond donors (Lipinski definition) is 5. The molecule has 0 amide bonds. The number of phenolic OH excluding ortho intramolecular Hbond substituents is 2. The van der Waals surface area contributed by atoms with Crippen LogP contribution in [0.2, 0.25) is 0 Å². The van der Waals surface area contributed by atoms with Gasteiger partial charge in [-0.1, -0.05) is 0 Å². The van der Waals surface area contributed by atoms with Gasteiger partial charge in [-0.2, -0.15) is 0 Å². The van der Waals surface area contributed by atoms with E-state index < -0.39 is 12.0 Å². The summed E-state index contributed by atoms with van der Waals surface area (Å²) < 4.78 is 0. The van der Waals surface area contributed by atoms with Crippen LogP contribution in [0.4, 0.5) is 0 Å². The third-order valence-electron chi connectivity index (χ3n) is 2.88. The van der Waals surface area contributed by atoms with Crippen LogP contribution in [0, 0.1) is 0 Å². The fourth-order valence-electron chi connectivity index (χ4n) is 2.05. The fraction of sp³-hybridized carbons (Fsp3) is 0.333. The lowest BCUT2D eigenvalue weighted by molar-refractivity contribution is -0.139. The van der Waals surface area contributed by atoms with Gasteiger partial charge in [-0.3, -0.25) is 14.9 Å². The highest BCUT2D eigenvalue weighted by atomic mass is 16.4. The number of carboxylic acid groups (broad SMARTS) is 2. The van der Waals surface area contributed by atoms with Crippen LogP contribution in [-0.4, -0.2) is 38.9 Å². The predicted octanol–water partition coefficient (Wildman–Crippen LogP) is 0.458. The molecule has 7 nitrogen and oxygen atoms in total. The molecule has 5 N–H and O–H groups in total. The van der Waals surface area contributed by atoms with Crippen molar-refractivity contribution in [1.29, 1.82) is 0 Å². The maximum Gasteiger partial charge on any atom is 0.321 e. The Bertz CT molecular complexity index is 487. The van der Waals surface area contributed by atoms with E-state index in [1.807, 2.05) is 6.92 Å². The average Bonchev–Trinajstić information content (AvgIpc) is 2.32. The summed E-state index contributed by atoms with van der Waals surface area (Å²) in [7, 11) is 0. The van der Waals surface area contributed by atoms with Crippen molar-refractivity contribution in [3.8, 4) is 11.5 Å². The predicted molar refractivity (Wildman–Crippen MR) is 65.1 cm³/mol. The molecule has 1 aromatic rings. The van der Waals surface area contributed by atoms with Crippen LogP contribution in [0.3, 0.4) is 0 Å². The van der Waals surface area contributed by atoms with Gasteiger partial charge in [0.15, 0.2) is 11.5 Å². The van der Waals surface area contributed by atoms with E-state index in [0.29, 0.717) is 6.42 Å². The molecule has 19 heavy (non-hydrogen) atoms. The number of rotatable bonds is 1. The third kappa shape index (κ3) is 3.35. The molecule has 0 radical (unpaired) electrons. The Balaban J connectivity index is 0.000000550. The summed E-state index contributed by atoms with van der Waals surface area (Å²) in [6.07, 6.45) is 0.308. The van der Waals surface area contributed by atoms with Crippen LogP contribution in [0.5, 0.6) is 11.5 Å². The Kier molecular flexibility index (Phi) is 4.71. The van der Waals surface area contributed by atoms with Crippen molar-refractivity contribution >= 4 is 12.4 Å². The maximum atomic E-state index is 10.9. The van der Waals surface area contributed by atoms with Gasteiger partial charge >= 0.3 is 5.97 Å².